The second kappa shape index (κ2) is 4.21. The van der Waals surface area contributed by atoms with Gasteiger partial charge in [-0.05, 0) is 29.7 Å². The van der Waals surface area contributed by atoms with E-state index in [9.17, 15) is 8.42 Å². The van der Waals surface area contributed by atoms with Crippen molar-refractivity contribution in [3.05, 3.63) is 36.4 Å². The summed E-state index contributed by atoms with van der Waals surface area (Å²) in [6, 6.07) is 9.07. The second-order valence-electron chi connectivity index (χ2n) is 3.24. The number of rotatable bonds is 3. The molecule has 90 valence electrons. The zero-order valence-corrected chi connectivity index (χ0v) is 9.22. The van der Waals surface area contributed by atoms with Crippen LogP contribution in [0.2, 0.25) is 0 Å². The normalized spacial score (nSPS) is 11.4. The van der Waals surface area contributed by atoms with Crippen LogP contribution in [0.5, 0.6) is 11.5 Å². The third-order valence-corrected chi connectivity index (χ3v) is 2.51. The van der Waals surface area contributed by atoms with Crippen LogP contribution < -0.4 is 9.07 Å². The minimum absolute atomic E-state index is 0.0323. The summed E-state index contributed by atoms with van der Waals surface area (Å²) >= 11 is 0. The Kier molecular flexibility index (Phi) is 2.88. The van der Waals surface area contributed by atoms with Crippen molar-refractivity contribution in [2.24, 2.45) is 0 Å². The third-order valence-electron chi connectivity index (χ3n) is 2.11. The molecule has 0 atom stereocenters. The Labute approximate surface area is 96.9 Å². The molecule has 0 fully saturated rings. The zero-order valence-electron chi connectivity index (χ0n) is 8.40. The lowest BCUT2D eigenvalue weighted by Crippen LogP contribution is -2.06. The van der Waals surface area contributed by atoms with Gasteiger partial charge in [-0.15, -0.1) is 0 Å². The van der Waals surface area contributed by atoms with Crippen LogP contribution in [0, 0.1) is 0 Å². The minimum Gasteiger partial charge on any atom is -0.362 e. The highest BCUT2D eigenvalue weighted by molar-refractivity contribution is 7.81. The molecule has 2 aromatic carbocycles. The highest BCUT2D eigenvalue weighted by atomic mass is 32.3. The van der Waals surface area contributed by atoms with Gasteiger partial charge in [0.25, 0.3) is 0 Å². The predicted octanol–water partition coefficient (Wildman–Crippen LogP) is 1.87. The Morgan fingerprint density at radius 3 is 2.53 bits per heavy atom. The van der Waals surface area contributed by atoms with Gasteiger partial charge < -0.3 is 9.07 Å². The summed E-state index contributed by atoms with van der Waals surface area (Å²) in [4.78, 5) is 4.16. The molecule has 0 amide bonds. The lowest BCUT2D eigenvalue weighted by atomic mass is 10.1. The molecule has 2 rings (SSSR count). The fourth-order valence-corrected chi connectivity index (χ4v) is 1.83. The van der Waals surface area contributed by atoms with Crippen molar-refractivity contribution in [3.63, 3.8) is 0 Å². The first-order valence-electron chi connectivity index (χ1n) is 4.51. The molecule has 0 radical (unpaired) electrons. The van der Waals surface area contributed by atoms with E-state index in [1.165, 1.54) is 18.2 Å². The Hall–Kier alpha value is -1.83. The quantitative estimate of drug-likeness (QED) is 0.494. The molecule has 2 N–H and O–H groups in total. The second-order valence-corrected chi connectivity index (χ2v) is 4.26. The molecule has 0 unspecified atom stereocenters. The smallest absolute Gasteiger partial charge is 0.362 e. The molecule has 0 saturated heterocycles. The van der Waals surface area contributed by atoms with Gasteiger partial charge in [0.05, 0.1) is 0 Å². The van der Waals surface area contributed by atoms with Gasteiger partial charge in [0.15, 0.2) is 5.75 Å². The van der Waals surface area contributed by atoms with E-state index < -0.39 is 10.4 Å². The first-order chi connectivity index (χ1) is 7.99. The maximum atomic E-state index is 10.5. The van der Waals surface area contributed by atoms with Crippen molar-refractivity contribution < 1.29 is 27.3 Å². The van der Waals surface area contributed by atoms with Crippen molar-refractivity contribution in [2.75, 3.05) is 0 Å². The molecule has 7 heteroatoms. The summed E-state index contributed by atoms with van der Waals surface area (Å²) < 4.78 is 33.9. The topological polar surface area (TPSA) is 93.1 Å². The largest absolute Gasteiger partial charge is 0.446 e. The average Bonchev–Trinajstić information content (AvgIpc) is 2.25. The van der Waals surface area contributed by atoms with Gasteiger partial charge in [0.2, 0.25) is 0 Å². The Bertz CT molecular complexity index is 649. The molecule has 0 spiro atoms. The molecule has 0 heterocycles. The van der Waals surface area contributed by atoms with Crippen LogP contribution in [0.4, 0.5) is 0 Å². The molecule has 0 aliphatic carbocycles. The Morgan fingerprint density at radius 1 is 1.12 bits per heavy atom. The Morgan fingerprint density at radius 2 is 1.88 bits per heavy atom. The van der Waals surface area contributed by atoms with Crippen LogP contribution in [0.25, 0.3) is 10.8 Å². The van der Waals surface area contributed by atoms with Gasteiger partial charge in [-0.1, -0.05) is 12.1 Å². The zero-order chi connectivity index (χ0) is 12.5. The van der Waals surface area contributed by atoms with Crippen LogP contribution in [-0.4, -0.2) is 18.2 Å². The van der Waals surface area contributed by atoms with Crippen LogP contribution in [0.1, 0.15) is 0 Å². The van der Waals surface area contributed by atoms with E-state index in [-0.39, 0.29) is 11.5 Å². The van der Waals surface area contributed by atoms with E-state index >= 15 is 0 Å². The van der Waals surface area contributed by atoms with Crippen LogP contribution in [0.3, 0.4) is 0 Å². The average molecular weight is 256 g/mol. The van der Waals surface area contributed by atoms with E-state index in [4.69, 9.17) is 9.81 Å². The molecule has 0 aliphatic heterocycles. The molecule has 2 aromatic rings. The fourth-order valence-electron chi connectivity index (χ4n) is 1.49. The van der Waals surface area contributed by atoms with E-state index in [1.807, 2.05) is 0 Å². The summed E-state index contributed by atoms with van der Waals surface area (Å²) in [5.74, 6) is 0.205. The third kappa shape index (κ3) is 2.64. The monoisotopic (exact) mass is 256 g/mol. The van der Waals surface area contributed by atoms with Gasteiger partial charge in [-0.3, -0.25) is 4.55 Å². The van der Waals surface area contributed by atoms with Crippen molar-refractivity contribution in [2.45, 2.75) is 0 Å². The number of hydrogen-bond acceptors (Lipinski definition) is 5. The SMILES string of the molecule is O=S(=O)(O)Oc1ccc2c(OO)cccc2c1. The van der Waals surface area contributed by atoms with E-state index in [0.717, 1.165) is 0 Å². The lowest BCUT2D eigenvalue weighted by molar-refractivity contribution is -0.136. The molecular weight excluding hydrogens is 248 g/mol. The highest BCUT2D eigenvalue weighted by Gasteiger charge is 2.09. The standard InChI is InChI=1S/C10H8O6S/c11-15-10-3-1-2-7-6-8(4-5-9(7)10)16-17(12,13)14/h1-6,11H,(H,12,13,14). The molecule has 0 aliphatic rings. The number of fused-ring (bicyclic) bond motifs is 1. The van der Waals surface area contributed by atoms with E-state index in [0.29, 0.717) is 10.8 Å². The summed E-state index contributed by atoms with van der Waals surface area (Å²) in [7, 11) is -4.54. The molecular formula is C10H8O6S. The van der Waals surface area contributed by atoms with Gasteiger partial charge in [-0.25, -0.2) is 5.26 Å². The summed E-state index contributed by atoms with van der Waals surface area (Å²) in [6.07, 6.45) is 0. The van der Waals surface area contributed by atoms with Crippen LogP contribution in [0.15, 0.2) is 36.4 Å². The van der Waals surface area contributed by atoms with Gasteiger partial charge in [0, 0.05) is 5.39 Å². The molecule has 0 aromatic heterocycles. The maximum Gasteiger partial charge on any atom is 0.446 e. The molecule has 0 bridgehead atoms. The van der Waals surface area contributed by atoms with Crippen LogP contribution in [-0.2, 0) is 10.4 Å². The molecule has 17 heavy (non-hydrogen) atoms. The first kappa shape index (κ1) is 11.6. The lowest BCUT2D eigenvalue weighted by Gasteiger charge is -2.05. The number of benzene rings is 2. The van der Waals surface area contributed by atoms with Gasteiger partial charge in [0.1, 0.15) is 5.75 Å². The Balaban J connectivity index is 2.52. The van der Waals surface area contributed by atoms with Crippen molar-refractivity contribution in [1.82, 2.24) is 0 Å². The van der Waals surface area contributed by atoms with E-state index in [1.54, 1.807) is 18.2 Å². The maximum absolute atomic E-state index is 10.5. The predicted molar refractivity (Wildman–Crippen MR) is 59.4 cm³/mol. The summed E-state index contributed by atoms with van der Waals surface area (Å²) in [6.45, 7) is 0. The summed E-state index contributed by atoms with van der Waals surface area (Å²) in [5.41, 5.74) is 0. The number of hydrogen-bond donors (Lipinski definition) is 2. The molecule has 6 nitrogen and oxygen atoms in total. The van der Waals surface area contributed by atoms with Crippen molar-refractivity contribution >= 4 is 21.2 Å². The first-order valence-corrected chi connectivity index (χ1v) is 5.87. The van der Waals surface area contributed by atoms with Crippen molar-refractivity contribution in [3.8, 4) is 11.5 Å². The van der Waals surface area contributed by atoms with E-state index in [2.05, 4.69) is 9.07 Å². The van der Waals surface area contributed by atoms with Crippen LogP contribution >= 0.6 is 0 Å². The molecule has 0 saturated carbocycles. The fraction of sp³-hybridized carbons (Fsp3) is 0. The van der Waals surface area contributed by atoms with Crippen molar-refractivity contribution in [1.29, 1.82) is 0 Å². The van der Waals surface area contributed by atoms with Gasteiger partial charge >= 0.3 is 10.4 Å². The summed E-state index contributed by atoms with van der Waals surface area (Å²) in [5, 5.41) is 9.80. The highest BCUT2D eigenvalue weighted by Crippen LogP contribution is 2.28. The van der Waals surface area contributed by atoms with Gasteiger partial charge in [-0.2, -0.15) is 8.42 Å². The minimum atomic E-state index is -4.54.